The monoisotopic (exact) mass is 623 g/mol. The van der Waals surface area contributed by atoms with Crippen LogP contribution in [0.2, 0.25) is 0 Å². The molecule has 0 spiro atoms. The second-order valence-corrected chi connectivity index (χ2v) is 17.4. The van der Waals surface area contributed by atoms with Crippen LogP contribution in [0.4, 0.5) is 0 Å². The van der Waals surface area contributed by atoms with E-state index in [4.69, 9.17) is 14.2 Å². The summed E-state index contributed by atoms with van der Waals surface area (Å²) in [4.78, 5) is 34.1. The number of nitrogens with one attached hydrogen (secondary N) is 3. The van der Waals surface area contributed by atoms with Gasteiger partial charge in [0.1, 0.15) is 18.5 Å². The molecule has 0 aromatic heterocycles. The molecule has 3 saturated heterocycles. The van der Waals surface area contributed by atoms with Gasteiger partial charge in [0.25, 0.3) is 0 Å². The maximum Gasteiger partial charge on any atom is 0.308 e. The molecule has 3 aliphatic heterocycles. The highest BCUT2D eigenvalue weighted by Gasteiger charge is 2.41. The van der Waals surface area contributed by atoms with E-state index in [1.807, 2.05) is 0 Å². The van der Waals surface area contributed by atoms with E-state index in [-0.39, 0.29) is 63.5 Å². The van der Waals surface area contributed by atoms with Crippen LogP contribution in [0, 0.1) is 0 Å². The van der Waals surface area contributed by atoms with E-state index in [0.29, 0.717) is 32.3 Å². The van der Waals surface area contributed by atoms with Gasteiger partial charge in [0.05, 0.1) is 19.1 Å². The zero-order valence-electron chi connectivity index (χ0n) is 30.0. The van der Waals surface area contributed by atoms with E-state index < -0.39 is 0 Å². The first-order valence-corrected chi connectivity index (χ1v) is 16.7. The van der Waals surface area contributed by atoms with E-state index >= 15 is 0 Å². The second-order valence-electron chi connectivity index (χ2n) is 17.4. The summed E-state index contributed by atoms with van der Waals surface area (Å²) in [6.45, 7) is 26.4. The lowest BCUT2D eigenvalue weighted by molar-refractivity contribution is -0.155. The van der Waals surface area contributed by atoms with Gasteiger partial charge in [-0.15, -0.1) is 0 Å². The SMILES string of the molecule is CC1(C)CC(OC(=O)CCCC=O)CC(C)(C)N1.CC1(C)CC(OCCC(=O)OC2CC(C)(C)NC(C)(C)C2)CC(C)(C)N1. The summed E-state index contributed by atoms with van der Waals surface area (Å²) in [6.07, 6.45) is 7.92. The molecule has 0 radical (unpaired) electrons. The average molecular weight is 624 g/mol. The maximum absolute atomic E-state index is 12.3. The molecule has 0 amide bonds. The van der Waals surface area contributed by atoms with Gasteiger partial charge >= 0.3 is 11.9 Å². The molecule has 44 heavy (non-hydrogen) atoms. The second kappa shape index (κ2) is 14.9. The van der Waals surface area contributed by atoms with E-state index in [1.165, 1.54) is 0 Å². The standard InChI is InChI=1S/C21H40N2O3.C14H25NO3/c1-18(2)11-15(12-19(3,4)22-18)25-10-9-17(24)26-16-13-20(5,6)23-21(7,8)14-16;1-13(2)9-11(10-14(3,4)15-13)18-12(17)7-5-6-8-16/h15-16,22-23H,9-14H2,1-8H3;8,11,15H,5-7,9-10H2,1-4H3. The summed E-state index contributed by atoms with van der Waals surface area (Å²) < 4.78 is 17.3. The predicted molar refractivity (Wildman–Crippen MR) is 176 cm³/mol. The topological polar surface area (TPSA) is 115 Å². The number of aldehydes is 1. The van der Waals surface area contributed by atoms with Crippen LogP contribution in [0.25, 0.3) is 0 Å². The molecule has 0 aromatic carbocycles. The minimum absolute atomic E-state index is 0.0184. The molecule has 3 heterocycles. The summed E-state index contributed by atoms with van der Waals surface area (Å²) in [5, 5.41) is 10.8. The van der Waals surface area contributed by atoms with Gasteiger partial charge in [-0.1, -0.05) is 0 Å². The fourth-order valence-corrected chi connectivity index (χ4v) is 8.10. The van der Waals surface area contributed by atoms with Gasteiger partial charge in [0.15, 0.2) is 0 Å². The van der Waals surface area contributed by atoms with Crippen molar-refractivity contribution in [3.8, 4) is 0 Å². The minimum Gasteiger partial charge on any atom is -0.462 e. The van der Waals surface area contributed by atoms with Crippen molar-refractivity contribution >= 4 is 18.2 Å². The third kappa shape index (κ3) is 14.7. The normalized spacial score (nSPS) is 25.6. The Balaban J connectivity index is 0.000000329. The van der Waals surface area contributed by atoms with Crippen LogP contribution in [0.15, 0.2) is 0 Å². The number of ether oxygens (including phenoxy) is 3. The van der Waals surface area contributed by atoms with Gasteiger partial charge in [-0.2, -0.15) is 0 Å². The molecule has 9 nitrogen and oxygen atoms in total. The van der Waals surface area contributed by atoms with Crippen LogP contribution < -0.4 is 16.0 Å². The van der Waals surface area contributed by atoms with E-state index in [9.17, 15) is 14.4 Å². The maximum atomic E-state index is 12.3. The molecule has 3 aliphatic rings. The Labute approximate surface area is 268 Å². The Bertz CT molecular complexity index is 924. The smallest absolute Gasteiger partial charge is 0.308 e. The van der Waals surface area contributed by atoms with Gasteiger partial charge in [0, 0.05) is 71.8 Å². The highest BCUT2D eigenvalue weighted by molar-refractivity contribution is 5.70. The molecule has 0 saturated carbocycles. The van der Waals surface area contributed by atoms with E-state index in [2.05, 4.69) is 99.0 Å². The van der Waals surface area contributed by atoms with Crippen LogP contribution in [0.5, 0.6) is 0 Å². The molecule has 256 valence electrons. The fourth-order valence-electron chi connectivity index (χ4n) is 8.10. The summed E-state index contributed by atoms with van der Waals surface area (Å²) in [7, 11) is 0. The van der Waals surface area contributed by atoms with Crippen molar-refractivity contribution in [2.75, 3.05) is 6.61 Å². The van der Waals surface area contributed by atoms with Crippen LogP contribution in [-0.2, 0) is 28.6 Å². The van der Waals surface area contributed by atoms with Crippen LogP contribution in [0.1, 0.15) is 147 Å². The number of piperidine rings is 3. The first-order valence-electron chi connectivity index (χ1n) is 16.7. The van der Waals surface area contributed by atoms with Crippen LogP contribution in [0.3, 0.4) is 0 Å². The Kier molecular flexibility index (Phi) is 13.1. The van der Waals surface area contributed by atoms with E-state index in [0.717, 1.165) is 44.8 Å². The van der Waals surface area contributed by atoms with Gasteiger partial charge in [0.2, 0.25) is 0 Å². The fraction of sp³-hybridized carbons (Fsp3) is 0.914. The van der Waals surface area contributed by atoms with Gasteiger partial charge in [-0.3, -0.25) is 9.59 Å². The van der Waals surface area contributed by atoms with Gasteiger partial charge < -0.3 is 35.0 Å². The quantitative estimate of drug-likeness (QED) is 0.159. The van der Waals surface area contributed by atoms with Crippen molar-refractivity contribution in [2.24, 2.45) is 0 Å². The molecule has 3 rings (SSSR count). The van der Waals surface area contributed by atoms with Crippen molar-refractivity contribution in [1.29, 1.82) is 0 Å². The molecule has 0 unspecified atom stereocenters. The lowest BCUT2D eigenvalue weighted by Gasteiger charge is -2.46. The van der Waals surface area contributed by atoms with E-state index in [1.54, 1.807) is 0 Å². The molecule has 3 N–H and O–H groups in total. The lowest BCUT2D eigenvalue weighted by atomic mass is 9.81. The third-order valence-electron chi connectivity index (χ3n) is 8.42. The molecular formula is C35H65N3O6. The van der Waals surface area contributed by atoms with Crippen molar-refractivity contribution in [3.05, 3.63) is 0 Å². The number of unbranched alkanes of at least 4 members (excludes halogenated alkanes) is 1. The van der Waals surface area contributed by atoms with Gasteiger partial charge in [-0.25, -0.2) is 0 Å². The number of rotatable bonds is 10. The van der Waals surface area contributed by atoms with Crippen molar-refractivity contribution < 1.29 is 28.6 Å². The number of esters is 2. The van der Waals surface area contributed by atoms with Crippen LogP contribution >= 0.6 is 0 Å². The summed E-state index contributed by atoms with van der Waals surface area (Å²) >= 11 is 0. The molecule has 0 bridgehead atoms. The van der Waals surface area contributed by atoms with Crippen molar-refractivity contribution in [2.45, 2.75) is 199 Å². The van der Waals surface area contributed by atoms with Gasteiger partial charge in [-0.05, 0) is 102 Å². The Morgan fingerprint density at radius 2 is 0.886 bits per heavy atom. The zero-order chi connectivity index (χ0) is 33.6. The molecule has 3 fully saturated rings. The number of hydrogen-bond donors (Lipinski definition) is 3. The van der Waals surface area contributed by atoms with Crippen molar-refractivity contribution in [3.63, 3.8) is 0 Å². The Morgan fingerprint density at radius 1 is 0.568 bits per heavy atom. The largest absolute Gasteiger partial charge is 0.462 e. The number of carbonyl (C=O) groups excluding carboxylic acids is 3. The first kappa shape index (κ1) is 38.6. The molecule has 9 heteroatoms. The number of carbonyl (C=O) groups is 3. The first-order chi connectivity index (χ1) is 19.9. The molecule has 0 aromatic rings. The summed E-state index contributed by atoms with van der Waals surface area (Å²) in [5.74, 6) is -0.327. The highest BCUT2D eigenvalue weighted by Crippen LogP contribution is 2.33. The van der Waals surface area contributed by atoms with Crippen molar-refractivity contribution in [1.82, 2.24) is 16.0 Å². The number of hydrogen-bond acceptors (Lipinski definition) is 9. The minimum atomic E-state index is -0.185. The predicted octanol–water partition coefficient (Wildman–Crippen LogP) is 5.76. The van der Waals surface area contributed by atoms with Crippen LogP contribution in [-0.4, -0.2) is 76.4 Å². The third-order valence-corrected chi connectivity index (χ3v) is 8.42. The lowest BCUT2D eigenvalue weighted by Crippen LogP contribution is -2.59. The average Bonchev–Trinajstić information content (AvgIpc) is 2.73. The highest BCUT2D eigenvalue weighted by atomic mass is 16.6. The molecule has 0 atom stereocenters. The summed E-state index contributed by atoms with van der Waals surface area (Å²) in [5.41, 5.74) is 0.0360. The molecule has 0 aliphatic carbocycles. The Hall–Kier alpha value is -1.55. The zero-order valence-corrected chi connectivity index (χ0v) is 30.0. The Morgan fingerprint density at radius 3 is 1.23 bits per heavy atom. The summed E-state index contributed by atoms with van der Waals surface area (Å²) in [6, 6.07) is 0. The molecular weight excluding hydrogens is 558 g/mol.